The third kappa shape index (κ3) is 3.52. The van der Waals surface area contributed by atoms with E-state index in [0.29, 0.717) is 6.42 Å². The summed E-state index contributed by atoms with van der Waals surface area (Å²) in [4.78, 5) is 0. The van der Waals surface area contributed by atoms with Gasteiger partial charge in [-0.25, -0.2) is 0 Å². The van der Waals surface area contributed by atoms with Crippen molar-refractivity contribution in [3.8, 4) is 0 Å². The van der Waals surface area contributed by atoms with Crippen molar-refractivity contribution < 1.29 is 0 Å². The Morgan fingerprint density at radius 3 is 2.52 bits per heavy atom. The van der Waals surface area contributed by atoms with Crippen molar-refractivity contribution in [3.05, 3.63) is 75.0 Å². The van der Waals surface area contributed by atoms with Crippen LogP contribution in [0.4, 0.5) is 0 Å². The number of hydrogen-bond donors (Lipinski definition) is 0. The molecule has 7 heteroatoms. The van der Waals surface area contributed by atoms with E-state index >= 15 is 0 Å². The topological polar surface area (TPSA) is 43.1 Å². The molecule has 4 nitrogen and oxygen atoms in total. The number of halogens is 2. The van der Waals surface area contributed by atoms with Crippen LogP contribution in [0.15, 0.2) is 63.3 Å². The van der Waals surface area contributed by atoms with Gasteiger partial charge in [0.25, 0.3) is 0 Å². The number of nitrogens with zero attached hydrogens (tertiary/aromatic N) is 4. The molecule has 3 aromatic rings. The summed E-state index contributed by atoms with van der Waals surface area (Å²) in [5, 5.41) is 15.2. The summed E-state index contributed by atoms with van der Waals surface area (Å²) in [5.74, 6) is 0.836. The van der Waals surface area contributed by atoms with Crippen LogP contribution in [0.3, 0.4) is 0 Å². The molecule has 126 valence electrons. The van der Waals surface area contributed by atoms with Crippen molar-refractivity contribution in [3.63, 3.8) is 0 Å². The predicted molar refractivity (Wildman–Crippen MR) is 106 cm³/mol. The Balaban J connectivity index is 1.70. The summed E-state index contributed by atoms with van der Waals surface area (Å²) < 4.78 is 2.92. The van der Waals surface area contributed by atoms with E-state index in [2.05, 4.69) is 45.2 Å². The van der Waals surface area contributed by atoms with Crippen LogP contribution in [-0.4, -0.2) is 25.8 Å². The van der Waals surface area contributed by atoms with Gasteiger partial charge in [0.1, 0.15) is 0 Å². The van der Waals surface area contributed by atoms with Gasteiger partial charge in [0, 0.05) is 15.9 Å². The van der Waals surface area contributed by atoms with E-state index in [1.165, 1.54) is 5.56 Å². The SMILES string of the molecule is C[C@@H]1Sc2nnc(Cc3ccc(Br)cc3)n2N=C1c1ccc(Cl)cc1. The summed E-state index contributed by atoms with van der Waals surface area (Å²) in [6.45, 7) is 2.13. The molecule has 2 aromatic carbocycles. The molecule has 2 heterocycles. The average molecular weight is 434 g/mol. The molecule has 0 saturated carbocycles. The molecular formula is C18H14BrClN4S. The van der Waals surface area contributed by atoms with E-state index in [1.807, 2.05) is 41.1 Å². The van der Waals surface area contributed by atoms with Gasteiger partial charge in [-0.1, -0.05) is 63.6 Å². The molecule has 25 heavy (non-hydrogen) atoms. The van der Waals surface area contributed by atoms with Gasteiger partial charge in [0.05, 0.1) is 11.0 Å². The molecule has 0 fully saturated rings. The normalized spacial score (nSPS) is 16.4. The second-order valence-corrected chi connectivity index (χ2v) is 8.43. The highest BCUT2D eigenvalue weighted by atomic mass is 79.9. The molecular weight excluding hydrogens is 420 g/mol. The molecule has 1 aliphatic heterocycles. The van der Waals surface area contributed by atoms with E-state index in [1.54, 1.807) is 11.8 Å². The molecule has 0 radical (unpaired) electrons. The van der Waals surface area contributed by atoms with Crippen molar-refractivity contribution in [1.29, 1.82) is 0 Å². The van der Waals surface area contributed by atoms with Crippen LogP contribution in [0, 0.1) is 0 Å². The zero-order valence-electron chi connectivity index (χ0n) is 13.4. The molecule has 0 bridgehead atoms. The molecule has 1 atom stereocenters. The minimum Gasteiger partial charge on any atom is -0.191 e. The Morgan fingerprint density at radius 1 is 1.08 bits per heavy atom. The van der Waals surface area contributed by atoms with Crippen molar-refractivity contribution in [2.75, 3.05) is 0 Å². The van der Waals surface area contributed by atoms with E-state index in [-0.39, 0.29) is 5.25 Å². The fourth-order valence-corrected chi connectivity index (χ4v) is 4.02. The summed E-state index contributed by atoms with van der Waals surface area (Å²) >= 11 is 11.1. The lowest BCUT2D eigenvalue weighted by molar-refractivity contribution is 0.714. The number of hydrogen-bond acceptors (Lipinski definition) is 4. The van der Waals surface area contributed by atoms with Crippen molar-refractivity contribution in [2.45, 2.75) is 23.8 Å². The van der Waals surface area contributed by atoms with Crippen molar-refractivity contribution >= 4 is 45.0 Å². The zero-order chi connectivity index (χ0) is 17.4. The highest BCUT2D eigenvalue weighted by Crippen LogP contribution is 2.30. The van der Waals surface area contributed by atoms with Gasteiger partial charge in [-0.05, 0) is 42.3 Å². The van der Waals surface area contributed by atoms with E-state index in [0.717, 1.165) is 31.8 Å². The van der Waals surface area contributed by atoms with Crippen molar-refractivity contribution in [1.82, 2.24) is 14.9 Å². The quantitative estimate of drug-likeness (QED) is 0.582. The largest absolute Gasteiger partial charge is 0.212 e. The maximum Gasteiger partial charge on any atom is 0.212 e. The molecule has 1 aromatic heterocycles. The summed E-state index contributed by atoms with van der Waals surface area (Å²) in [7, 11) is 0. The minimum atomic E-state index is 0.207. The molecule has 0 N–H and O–H groups in total. The highest BCUT2D eigenvalue weighted by molar-refractivity contribution is 9.10. The number of aromatic nitrogens is 3. The summed E-state index contributed by atoms with van der Waals surface area (Å²) in [5.41, 5.74) is 3.25. The summed E-state index contributed by atoms with van der Waals surface area (Å²) in [6, 6.07) is 16.0. The molecule has 0 aliphatic carbocycles. The molecule has 1 aliphatic rings. The van der Waals surface area contributed by atoms with Crippen LogP contribution in [0.2, 0.25) is 5.02 Å². The lowest BCUT2D eigenvalue weighted by Gasteiger charge is -2.20. The molecule has 0 spiro atoms. The van der Waals surface area contributed by atoms with Gasteiger partial charge in [-0.15, -0.1) is 10.2 Å². The molecule has 0 saturated heterocycles. The predicted octanol–water partition coefficient (Wildman–Crippen LogP) is 5.03. The molecule has 4 rings (SSSR count). The first-order chi connectivity index (χ1) is 12.1. The van der Waals surface area contributed by atoms with E-state index < -0.39 is 0 Å². The van der Waals surface area contributed by atoms with Crippen LogP contribution in [-0.2, 0) is 6.42 Å². The number of benzene rings is 2. The Hall–Kier alpha value is -1.63. The van der Waals surface area contributed by atoms with Gasteiger partial charge in [0.15, 0.2) is 5.82 Å². The van der Waals surface area contributed by atoms with E-state index in [9.17, 15) is 0 Å². The molecule has 0 amide bonds. The summed E-state index contributed by atoms with van der Waals surface area (Å²) in [6.07, 6.45) is 0.687. The Bertz CT molecular complexity index is 935. The van der Waals surface area contributed by atoms with Crippen LogP contribution >= 0.6 is 39.3 Å². The smallest absolute Gasteiger partial charge is 0.191 e. The Morgan fingerprint density at radius 2 is 1.80 bits per heavy atom. The van der Waals surface area contributed by atoms with Gasteiger partial charge in [0.2, 0.25) is 5.16 Å². The lowest BCUT2D eigenvalue weighted by Crippen LogP contribution is -2.22. The number of thioether (sulfide) groups is 1. The molecule has 0 unspecified atom stereocenters. The fraction of sp³-hybridized carbons (Fsp3) is 0.167. The van der Waals surface area contributed by atoms with Crippen LogP contribution in [0.25, 0.3) is 0 Å². The maximum absolute atomic E-state index is 6.00. The third-order valence-corrected chi connectivity index (χ3v) is 5.79. The first-order valence-electron chi connectivity index (χ1n) is 7.80. The number of rotatable bonds is 3. The second-order valence-electron chi connectivity index (χ2n) is 5.77. The van der Waals surface area contributed by atoms with E-state index in [4.69, 9.17) is 16.7 Å². The minimum absolute atomic E-state index is 0.207. The Kier molecular flexibility index (Phi) is 4.67. The van der Waals surface area contributed by atoms with Crippen molar-refractivity contribution in [2.24, 2.45) is 5.10 Å². The third-order valence-electron chi connectivity index (χ3n) is 3.97. The fourth-order valence-electron chi connectivity index (χ4n) is 2.68. The van der Waals surface area contributed by atoms with Gasteiger partial charge >= 0.3 is 0 Å². The standard InChI is InChI=1S/C18H14BrClN4S/c1-11-17(13-4-8-15(20)9-5-13)23-24-16(21-22-18(24)25-11)10-12-2-6-14(19)7-3-12/h2-9,11H,10H2,1H3/t11-/m0/s1. The Labute approximate surface area is 163 Å². The van der Waals surface area contributed by atoms with Crippen LogP contribution in [0.1, 0.15) is 23.9 Å². The zero-order valence-corrected chi connectivity index (χ0v) is 16.5. The van der Waals surface area contributed by atoms with Gasteiger partial charge < -0.3 is 0 Å². The highest BCUT2D eigenvalue weighted by Gasteiger charge is 2.25. The van der Waals surface area contributed by atoms with Gasteiger partial charge in [-0.3, -0.25) is 0 Å². The first kappa shape index (κ1) is 16.8. The second kappa shape index (κ2) is 6.94. The average Bonchev–Trinajstić information content (AvgIpc) is 2.99. The van der Waals surface area contributed by atoms with Crippen LogP contribution < -0.4 is 0 Å². The van der Waals surface area contributed by atoms with Gasteiger partial charge in [-0.2, -0.15) is 9.78 Å². The lowest BCUT2D eigenvalue weighted by atomic mass is 10.1. The first-order valence-corrected chi connectivity index (χ1v) is 9.85. The number of fused-ring (bicyclic) bond motifs is 1. The monoisotopic (exact) mass is 432 g/mol. The van der Waals surface area contributed by atoms with Crippen LogP contribution in [0.5, 0.6) is 0 Å². The maximum atomic E-state index is 6.00.